The summed E-state index contributed by atoms with van der Waals surface area (Å²) in [4.78, 5) is 38.8. The maximum absolute atomic E-state index is 12.9. The highest BCUT2D eigenvalue weighted by molar-refractivity contribution is 5.95. The minimum absolute atomic E-state index is 0.0680. The molecule has 0 aromatic heterocycles. The molecule has 0 aliphatic carbocycles. The number of ketones is 1. The molecule has 0 unspecified atom stereocenters. The van der Waals surface area contributed by atoms with Crippen LogP contribution >= 0.6 is 0 Å². The second kappa shape index (κ2) is 7.78. The third-order valence-corrected chi connectivity index (χ3v) is 5.12. The number of hydrogen-bond donors (Lipinski definition) is 2. The van der Waals surface area contributed by atoms with Gasteiger partial charge in [-0.25, -0.2) is 0 Å². The van der Waals surface area contributed by atoms with Crippen molar-refractivity contribution < 1.29 is 14.4 Å². The Kier molecular flexibility index (Phi) is 5.48. The monoisotopic (exact) mass is 343 g/mol. The van der Waals surface area contributed by atoms with Crippen LogP contribution in [0.3, 0.4) is 0 Å². The van der Waals surface area contributed by atoms with Gasteiger partial charge in [-0.15, -0.1) is 0 Å². The second-order valence-corrected chi connectivity index (χ2v) is 6.76. The number of piperidine rings is 1. The molecule has 134 valence electrons. The van der Waals surface area contributed by atoms with Crippen molar-refractivity contribution in [1.82, 2.24) is 15.5 Å². The molecule has 6 nitrogen and oxygen atoms in total. The van der Waals surface area contributed by atoms with Gasteiger partial charge in [-0.05, 0) is 50.0 Å². The van der Waals surface area contributed by atoms with Crippen molar-refractivity contribution in [3.05, 3.63) is 35.4 Å². The normalized spacial score (nSPS) is 21.4. The number of benzene rings is 1. The summed E-state index contributed by atoms with van der Waals surface area (Å²) in [5.41, 5.74) is 1.36. The first kappa shape index (κ1) is 17.6. The van der Waals surface area contributed by atoms with Gasteiger partial charge in [-0.2, -0.15) is 0 Å². The Bertz CT molecular complexity index is 668. The third kappa shape index (κ3) is 3.90. The molecular formula is C19H25N3O3. The summed E-state index contributed by atoms with van der Waals surface area (Å²) in [5.74, 6) is 0.00414. The fraction of sp³-hybridized carbons (Fsp3) is 0.526. The lowest BCUT2D eigenvalue weighted by Gasteiger charge is -2.35. The molecule has 3 rings (SSSR count). The number of likely N-dealkylation sites (tertiary alicyclic amines) is 1. The van der Waals surface area contributed by atoms with Crippen LogP contribution in [-0.4, -0.2) is 54.7 Å². The minimum Gasteiger partial charge on any atom is -0.355 e. The molecule has 2 saturated heterocycles. The Morgan fingerprint density at radius 1 is 1.24 bits per heavy atom. The van der Waals surface area contributed by atoms with Crippen LogP contribution in [0.5, 0.6) is 0 Å². The zero-order valence-corrected chi connectivity index (χ0v) is 14.6. The van der Waals surface area contributed by atoms with E-state index in [-0.39, 0.29) is 36.1 Å². The molecule has 0 radical (unpaired) electrons. The number of carbonyl (C=O) groups excluding carboxylic acids is 3. The van der Waals surface area contributed by atoms with Gasteiger partial charge in [-0.3, -0.25) is 14.4 Å². The fourth-order valence-corrected chi connectivity index (χ4v) is 3.85. The molecule has 2 amide bonds. The number of amides is 2. The second-order valence-electron chi connectivity index (χ2n) is 6.76. The van der Waals surface area contributed by atoms with E-state index in [9.17, 15) is 14.4 Å². The predicted octanol–water partition coefficient (Wildman–Crippen LogP) is 0.901. The van der Waals surface area contributed by atoms with Crippen LogP contribution in [0.1, 0.15) is 41.6 Å². The maximum Gasteiger partial charge on any atom is 0.251 e. The zero-order chi connectivity index (χ0) is 17.8. The van der Waals surface area contributed by atoms with Gasteiger partial charge in [0.15, 0.2) is 5.78 Å². The number of nitrogens with zero attached hydrogens (tertiary/aromatic N) is 1. The number of Topliss-reactive ketones (excluding diaryl/α,β-unsaturated/α-hetero) is 1. The molecule has 0 spiro atoms. The van der Waals surface area contributed by atoms with Crippen LogP contribution in [0.15, 0.2) is 24.3 Å². The van der Waals surface area contributed by atoms with E-state index < -0.39 is 0 Å². The molecular weight excluding hydrogens is 318 g/mol. The lowest BCUT2D eigenvalue weighted by atomic mass is 9.98. The number of hydrogen-bond acceptors (Lipinski definition) is 4. The average molecular weight is 343 g/mol. The van der Waals surface area contributed by atoms with Crippen molar-refractivity contribution in [3.63, 3.8) is 0 Å². The highest BCUT2D eigenvalue weighted by atomic mass is 16.2. The molecule has 2 aliphatic heterocycles. The Balaban J connectivity index is 1.71. The molecule has 1 aromatic rings. The van der Waals surface area contributed by atoms with Gasteiger partial charge in [-0.1, -0.05) is 12.1 Å². The molecule has 1 atom stereocenters. The summed E-state index contributed by atoms with van der Waals surface area (Å²) >= 11 is 0. The van der Waals surface area contributed by atoms with Crippen molar-refractivity contribution >= 4 is 17.6 Å². The molecule has 2 aliphatic rings. The van der Waals surface area contributed by atoms with E-state index in [4.69, 9.17) is 0 Å². The van der Waals surface area contributed by atoms with E-state index in [0.29, 0.717) is 18.4 Å². The number of nitrogens with one attached hydrogen (secondary N) is 2. The molecule has 1 aromatic carbocycles. The lowest BCUT2D eigenvalue weighted by molar-refractivity contribution is -0.137. The summed E-state index contributed by atoms with van der Waals surface area (Å²) in [5, 5.41) is 5.89. The van der Waals surface area contributed by atoms with Gasteiger partial charge in [0.05, 0.1) is 6.04 Å². The molecule has 2 fully saturated rings. The Hall–Kier alpha value is -2.21. The summed E-state index contributed by atoms with van der Waals surface area (Å²) < 4.78 is 0. The van der Waals surface area contributed by atoms with E-state index >= 15 is 0 Å². The van der Waals surface area contributed by atoms with E-state index in [1.165, 1.54) is 0 Å². The summed E-state index contributed by atoms with van der Waals surface area (Å²) in [6.45, 7) is 1.78. The van der Waals surface area contributed by atoms with Crippen molar-refractivity contribution in [2.45, 2.75) is 44.2 Å². The first-order valence-corrected chi connectivity index (χ1v) is 8.95. The van der Waals surface area contributed by atoms with Gasteiger partial charge in [0.2, 0.25) is 5.91 Å². The van der Waals surface area contributed by atoms with Crippen LogP contribution < -0.4 is 10.6 Å². The third-order valence-electron chi connectivity index (χ3n) is 5.12. The van der Waals surface area contributed by atoms with Crippen LogP contribution in [-0.2, 0) is 16.0 Å². The topological polar surface area (TPSA) is 78.5 Å². The van der Waals surface area contributed by atoms with E-state index in [1.54, 1.807) is 25.2 Å². The SMILES string of the molecule is CNC(=O)c1cccc(CC(=O)[C@H]2CCC(=O)N2C2CCNCC2)c1. The molecule has 0 saturated carbocycles. The van der Waals surface area contributed by atoms with Crippen LogP contribution in [0.25, 0.3) is 0 Å². The smallest absolute Gasteiger partial charge is 0.251 e. The van der Waals surface area contributed by atoms with Crippen LogP contribution in [0, 0.1) is 0 Å². The molecule has 0 bridgehead atoms. The zero-order valence-electron chi connectivity index (χ0n) is 14.6. The molecule has 25 heavy (non-hydrogen) atoms. The summed E-state index contributed by atoms with van der Waals surface area (Å²) in [7, 11) is 1.58. The average Bonchev–Trinajstić information content (AvgIpc) is 3.03. The van der Waals surface area contributed by atoms with Gasteiger partial charge in [0.25, 0.3) is 5.91 Å². The molecule has 2 N–H and O–H groups in total. The molecule has 2 heterocycles. The maximum atomic E-state index is 12.9. The Morgan fingerprint density at radius 3 is 2.72 bits per heavy atom. The number of carbonyl (C=O) groups is 3. The van der Waals surface area contributed by atoms with E-state index in [2.05, 4.69) is 10.6 Å². The van der Waals surface area contributed by atoms with E-state index in [1.807, 2.05) is 11.0 Å². The molecule has 6 heteroatoms. The van der Waals surface area contributed by atoms with Crippen molar-refractivity contribution in [1.29, 1.82) is 0 Å². The van der Waals surface area contributed by atoms with Gasteiger partial charge >= 0.3 is 0 Å². The first-order chi connectivity index (χ1) is 12.1. The van der Waals surface area contributed by atoms with E-state index in [0.717, 1.165) is 31.5 Å². The summed E-state index contributed by atoms with van der Waals surface area (Å²) in [6, 6.07) is 6.98. The van der Waals surface area contributed by atoms with Crippen molar-refractivity contribution in [2.75, 3.05) is 20.1 Å². The minimum atomic E-state index is -0.320. The summed E-state index contributed by atoms with van der Waals surface area (Å²) in [6.07, 6.45) is 3.13. The van der Waals surface area contributed by atoms with Crippen LogP contribution in [0.2, 0.25) is 0 Å². The standard InChI is InChI=1S/C19H25N3O3/c1-20-19(25)14-4-2-3-13(11-14)12-17(23)16-5-6-18(24)22(16)15-7-9-21-10-8-15/h2-4,11,15-16,21H,5-10,12H2,1H3,(H,20,25)/t16-/m1/s1. The fourth-order valence-electron chi connectivity index (χ4n) is 3.85. The highest BCUT2D eigenvalue weighted by Gasteiger charge is 2.40. The van der Waals surface area contributed by atoms with Gasteiger partial charge in [0.1, 0.15) is 0 Å². The van der Waals surface area contributed by atoms with Crippen LogP contribution in [0.4, 0.5) is 0 Å². The van der Waals surface area contributed by atoms with Crippen molar-refractivity contribution in [2.24, 2.45) is 0 Å². The van der Waals surface area contributed by atoms with Gasteiger partial charge < -0.3 is 15.5 Å². The predicted molar refractivity (Wildman–Crippen MR) is 94.3 cm³/mol. The van der Waals surface area contributed by atoms with Gasteiger partial charge in [0, 0.05) is 31.5 Å². The van der Waals surface area contributed by atoms with Crippen molar-refractivity contribution in [3.8, 4) is 0 Å². The lowest BCUT2D eigenvalue weighted by Crippen LogP contribution is -2.50. The largest absolute Gasteiger partial charge is 0.355 e. The highest BCUT2D eigenvalue weighted by Crippen LogP contribution is 2.27. The quantitative estimate of drug-likeness (QED) is 0.833. The Morgan fingerprint density at radius 2 is 2.00 bits per heavy atom. The Labute approximate surface area is 148 Å². The first-order valence-electron chi connectivity index (χ1n) is 8.95. The number of rotatable bonds is 5.